The molecule has 0 saturated carbocycles. The van der Waals surface area contributed by atoms with E-state index in [1.807, 2.05) is 31.2 Å². The Morgan fingerprint density at radius 1 is 1.29 bits per heavy atom. The van der Waals surface area contributed by atoms with Gasteiger partial charge in [0.15, 0.2) is 0 Å². The lowest BCUT2D eigenvalue weighted by Crippen LogP contribution is -1.90. The number of aromatic nitrogens is 1. The molecule has 3 nitrogen and oxygen atoms in total. The van der Waals surface area contributed by atoms with E-state index in [1.54, 1.807) is 7.11 Å². The first-order chi connectivity index (χ1) is 8.24. The molecule has 90 valence electrons. The van der Waals surface area contributed by atoms with Gasteiger partial charge in [-0.25, -0.2) is 0 Å². The number of nitrogens with one attached hydrogen (secondary N) is 1. The Labute approximate surface area is 101 Å². The van der Waals surface area contributed by atoms with Gasteiger partial charge in [0.1, 0.15) is 0 Å². The Hall–Kier alpha value is -1.58. The summed E-state index contributed by atoms with van der Waals surface area (Å²) in [6.07, 6.45) is 0. The monoisotopic (exact) mass is 231 g/mol. The number of ether oxygens (including phenoxy) is 1. The van der Waals surface area contributed by atoms with Gasteiger partial charge in [0.05, 0.1) is 18.9 Å². The SMILES string of the molecule is COCc1cccc(-c2[nH]c(C)cc2CO)c1. The third kappa shape index (κ3) is 2.57. The van der Waals surface area contributed by atoms with Crippen molar-refractivity contribution in [3.8, 4) is 11.3 Å². The molecule has 0 aliphatic heterocycles. The summed E-state index contributed by atoms with van der Waals surface area (Å²) in [7, 11) is 1.69. The number of rotatable bonds is 4. The first-order valence-electron chi connectivity index (χ1n) is 5.62. The van der Waals surface area contributed by atoms with Gasteiger partial charge in [-0.2, -0.15) is 0 Å². The molecule has 0 atom stereocenters. The van der Waals surface area contributed by atoms with Gasteiger partial charge in [-0.1, -0.05) is 18.2 Å². The van der Waals surface area contributed by atoms with Gasteiger partial charge in [-0.3, -0.25) is 0 Å². The van der Waals surface area contributed by atoms with Crippen molar-refractivity contribution in [1.29, 1.82) is 0 Å². The largest absolute Gasteiger partial charge is 0.392 e. The molecule has 2 aromatic rings. The highest BCUT2D eigenvalue weighted by molar-refractivity contribution is 5.65. The van der Waals surface area contributed by atoms with Crippen LogP contribution in [0.4, 0.5) is 0 Å². The zero-order valence-corrected chi connectivity index (χ0v) is 10.2. The number of H-pyrrole nitrogens is 1. The van der Waals surface area contributed by atoms with Gasteiger partial charge < -0.3 is 14.8 Å². The molecule has 1 aromatic carbocycles. The van der Waals surface area contributed by atoms with Gasteiger partial charge in [0.25, 0.3) is 0 Å². The van der Waals surface area contributed by atoms with Gasteiger partial charge in [0.2, 0.25) is 0 Å². The molecule has 0 fully saturated rings. The molecule has 0 unspecified atom stereocenters. The van der Waals surface area contributed by atoms with Crippen molar-refractivity contribution in [2.45, 2.75) is 20.1 Å². The maximum absolute atomic E-state index is 9.32. The zero-order valence-electron chi connectivity index (χ0n) is 10.2. The minimum Gasteiger partial charge on any atom is -0.392 e. The molecular weight excluding hydrogens is 214 g/mol. The third-order valence-electron chi connectivity index (χ3n) is 2.73. The van der Waals surface area contributed by atoms with Crippen LogP contribution in [0.3, 0.4) is 0 Å². The highest BCUT2D eigenvalue weighted by atomic mass is 16.5. The maximum Gasteiger partial charge on any atom is 0.0713 e. The van der Waals surface area contributed by atoms with Crippen LogP contribution in [-0.2, 0) is 18.0 Å². The van der Waals surface area contributed by atoms with Crippen LogP contribution in [0.25, 0.3) is 11.3 Å². The van der Waals surface area contributed by atoms with Crippen LogP contribution in [0, 0.1) is 6.92 Å². The fourth-order valence-corrected chi connectivity index (χ4v) is 2.01. The molecule has 2 N–H and O–H groups in total. The summed E-state index contributed by atoms with van der Waals surface area (Å²) in [5.41, 5.74) is 5.18. The van der Waals surface area contributed by atoms with Crippen molar-refractivity contribution in [1.82, 2.24) is 4.98 Å². The maximum atomic E-state index is 9.32. The smallest absolute Gasteiger partial charge is 0.0713 e. The molecule has 1 heterocycles. The van der Waals surface area contributed by atoms with Crippen LogP contribution >= 0.6 is 0 Å². The Morgan fingerprint density at radius 2 is 2.12 bits per heavy atom. The predicted molar refractivity (Wildman–Crippen MR) is 67.6 cm³/mol. The number of aromatic amines is 1. The summed E-state index contributed by atoms with van der Waals surface area (Å²) in [5, 5.41) is 9.32. The summed E-state index contributed by atoms with van der Waals surface area (Å²) in [6.45, 7) is 2.64. The summed E-state index contributed by atoms with van der Waals surface area (Å²) in [6, 6.07) is 10.1. The highest BCUT2D eigenvalue weighted by Crippen LogP contribution is 2.24. The van der Waals surface area contributed by atoms with Gasteiger partial charge >= 0.3 is 0 Å². The lowest BCUT2D eigenvalue weighted by atomic mass is 10.1. The fourth-order valence-electron chi connectivity index (χ4n) is 2.01. The van der Waals surface area contributed by atoms with E-state index in [4.69, 9.17) is 4.74 Å². The molecule has 3 heteroatoms. The normalized spacial score (nSPS) is 10.8. The Morgan fingerprint density at radius 3 is 2.82 bits per heavy atom. The van der Waals surface area contributed by atoms with Crippen LogP contribution in [0.2, 0.25) is 0 Å². The number of aliphatic hydroxyl groups excluding tert-OH is 1. The average molecular weight is 231 g/mol. The Bertz CT molecular complexity index is 503. The van der Waals surface area contributed by atoms with E-state index in [1.165, 1.54) is 0 Å². The first-order valence-corrected chi connectivity index (χ1v) is 5.62. The number of hydrogen-bond acceptors (Lipinski definition) is 2. The topological polar surface area (TPSA) is 45.2 Å². The van der Waals surface area contributed by atoms with Crippen molar-refractivity contribution in [3.05, 3.63) is 47.2 Å². The van der Waals surface area contributed by atoms with Crippen molar-refractivity contribution < 1.29 is 9.84 Å². The second kappa shape index (κ2) is 5.17. The minimum atomic E-state index is 0.0498. The van der Waals surface area contributed by atoms with Crippen LogP contribution in [0.1, 0.15) is 16.8 Å². The summed E-state index contributed by atoms with van der Waals surface area (Å²) in [5.74, 6) is 0. The van der Waals surface area contributed by atoms with Crippen molar-refractivity contribution in [2.24, 2.45) is 0 Å². The minimum absolute atomic E-state index is 0.0498. The third-order valence-corrected chi connectivity index (χ3v) is 2.73. The number of benzene rings is 1. The fraction of sp³-hybridized carbons (Fsp3) is 0.286. The Balaban J connectivity index is 2.41. The predicted octanol–water partition coefficient (Wildman–Crippen LogP) is 2.63. The Kier molecular flexibility index (Phi) is 3.61. The molecule has 1 aromatic heterocycles. The van der Waals surface area contributed by atoms with E-state index in [-0.39, 0.29) is 6.61 Å². The van der Waals surface area contributed by atoms with Gasteiger partial charge in [-0.05, 0) is 30.2 Å². The first kappa shape index (κ1) is 11.9. The molecule has 17 heavy (non-hydrogen) atoms. The zero-order chi connectivity index (χ0) is 12.3. The highest BCUT2D eigenvalue weighted by Gasteiger charge is 2.08. The van der Waals surface area contributed by atoms with Crippen LogP contribution in [-0.4, -0.2) is 17.2 Å². The molecule has 0 radical (unpaired) electrons. The molecule has 2 rings (SSSR count). The number of hydrogen-bond donors (Lipinski definition) is 2. The van der Waals surface area contributed by atoms with E-state index < -0.39 is 0 Å². The van der Waals surface area contributed by atoms with Gasteiger partial charge in [0, 0.05) is 18.4 Å². The average Bonchev–Trinajstić information content (AvgIpc) is 2.71. The summed E-state index contributed by atoms with van der Waals surface area (Å²) < 4.78 is 5.12. The number of aryl methyl sites for hydroxylation is 1. The van der Waals surface area contributed by atoms with E-state index in [0.717, 1.165) is 28.1 Å². The van der Waals surface area contributed by atoms with Crippen molar-refractivity contribution in [3.63, 3.8) is 0 Å². The lowest BCUT2D eigenvalue weighted by molar-refractivity contribution is 0.185. The van der Waals surface area contributed by atoms with Crippen LogP contribution < -0.4 is 0 Å². The number of methoxy groups -OCH3 is 1. The van der Waals surface area contributed by atoms with Crippen LogP contribution in [0.5, 0.6) is 0 Å². The van der Waals surface area contributed by atoms with E-state index in [2.05, 4.69) is 11.1 Å². The van der Waals surface area contributed by atoms with Crippen molar-refractivity contribution >= 4 is 0 Å². The van der Waals surface area contributed by atoms with Crippen LogP contribution in [0.15, 0.2) is 30.3 Å². The van der Waals surface area contributed by atoms with E-state index in [9.17, 15) is 5.11 Å². The molecule has 0 amide bonds. The second-order valence-corrected chi connectivity index (χ2v) is 4.14. The second-order valence-electron chi connectivity index (χ2n) is 4.14. The summed E-state index contributed by atoms with van der Waals surface area (Å²) >= 11 is 0. The molecule has 0 saturated heterocycles. The lowest BCUT2D eigenvalue weighted by Gasteiger charge is -2.05. The molecule has 0 bridgehead atoms. The summed E-state index contributed by atoms with van der Waals surface area (Å²) in [4.78, 5) is 3.28. The molecular formula is C14H17NO2. The van der Waals surface area contributed by atoms with Crippen molar-refractivity contribution in [2.75, 3.05) is 7.11 Å². The quantitative estimate of drug-likeness (QED) is 0.849. The van der Waals surface area contributed by atoms with E-state index in [0.29, 0.717) is 6.61 Å². The van der Waals surface area contributed by atoms with Gasteiger partial charge in [-0.15, -0.1) is 0 Å². The number of aliphatic hydroxyl groups is 1. The molecule has 0 aliphatic rings. The standard InChI is InChI=1S/C14H17NO2/c1-10-6-13(8-16)14(15-10)12-5-3-4-11(7-12)9-17-2/h3-7,15-16H,8-9H2,1-2H3. The molecule has 0 aliphatic carbocycles. The molecule has 0 spiro atoms. The van der Waals surface area contributed by atoms with E-state index >= 15 is 0 Å².